The van der Waals surface area contributed by atoms with E-state index >= 15 is 0 Å². The van der Waals surface area contributed by atoms with Crippen LogP contribution in [0.25, 0.3) is 0 Å². The molecule has 0 fully saturated rings. The number of amides is 2. The second-order valence-electron chi connectivity index (χ2n) is 5.72. The average molecular weight is 359 g/mol. The highest BCUT2D eigenvalue weighted by molar-refractivity contribution is 6.12. The highest BCUT2D eigenvalue weighted by Crippen LogP contribution is 2.28. The molecule has 2 rings (SSSR count). The summed E-state index contributed by atoms with van der Waals surface area (Å²) in [5.41, 5.74) is 6.36. The van der Waals surface area contributed by atoms with Gasteiger partial charge in [0.1, 0.15) is 16.9 Å². The van der Waals surface area contributed by atoms with Crippen molar-refractivity contribution in [2.75, 3.05) is 30.9 Å². The van der Waals surface area contributed by atoms with Crippen molar-refractivity contribution < 1.29 is 23.5 Å². The number of nitrogens with one attached hydrogen (secondary N) is 1. The third-order valence-corrected chi connectivity index (χ3v) is 3.68. The Kier molecular flexibility index (Phi) is 5.66. The standard InChI is InChI=1S/C18H21N3O5/c1-5-25-18(24)13-10(2)26-17(14(13)15(19)22)20-16(23)11-6-8-12(9-7-11)21(3)4/h6-9H,5H2,1-4H3,(H2,19,22)(H,20,23). The van der Waals surface area contributed by atoms with Crippen molar-refractivity contribution in [3.8, 4) is 0 Å². The molecule has 0 bridgehead atoms. The fourth-order valence-electron chi connectivity index (χ4n) is 2.40. The number of benzene rings is 1. The predicted molar refractivity (Wildman–Crippen MR) is 96.6 cm³/mol. The molecule has 2 amide bonds. The summed E-state index contributed by atoms with van der Waals surface area (Å²) in [6.45, 7) is 3.25. The van der Waals surface area contributed by atoms with Gasteiger partial charge in [-0.15, -0.1) is 0 Å². The van der Waals surface area contributed by atoms with Crippen LogP contribution in [0.3, 0.4) is 0 Å². The Bertz CT molecular complexity index is 837. The Morgan fingerprint density at radius 1 is 1.15 bits per heavy atom. The van der Waals surface area contributed by atoms with E-state index in [4.69, 9.17) is 14.9 Å². The SMILES string of the molecule is CCOC(=O)c1c(C)oc(NC(=O)c2ccc(N(C)C)cc2)c1C(N)=O. The lowest BCUT2D eigenvalue weighted by molar-refractivity contribution is 0.0521. The highest BCUT2D eigenvalue weighted by Gasteiger charge is 2.29. The van der Waals surface area contributed by atoms with Crippen LogP contribution in [0, 0.1) is 6.92 Å². The molecule has 8 nitrogen and oxygen atoms in total. The van der Waals surface area contributed by atoms with Crippen molar-refractivity contribution in [1.82, 2.24) is 0 Å². The summed E-state index contributed by atoms with van der Waals surface area (Å²) < 4.78 is 10.3. The lowest BCUT2D eigenvalue weighted by Gasteiger charge is -2.12. The molecule has 1 aromatic carbocycles. The number of nitrogens with zero attached hydrogens (tertiary/aromatic N) is 1. The Morgan fingerprint density at radius 2 is 1.77 bits per heavy atom. The van der Waals surface area contributed by atoms with Crippen LogP contribution in [-0.2, 0) is 4.74 Å². The minimum Gasteiger partial charge on any atom is -0.462 e. The van der Waals surface area contributed by atoms with E-state index in [-0.39, 0.29) is 29.4 Å². The average Bonchev–Trinajstić information content (AvgIpc) is 2.91. The fraction of sp³-hybridized carbons (Fsp3) is 0.278. The van der Waals surface area contributed by atoms with Gasteiger partial charge in [-0.1, -0.05) is 0 Å². The van der Waals surface area contributed by atoms with Crippen LogP contribution in [0.5, 0.6) is 0 Å². The first-order valence-corrected chi connectivity index (χ1v) is 7.95. The predicted octanol–water partition coefficient (Wildman–Crippen LogP) is 2.18. The Labute approximate surface area is 150 Å². The van der Waals surface area contributed by atoms with Crippen LogP contribution >= 0.6 is 0 Å². The molecule has 0 radical (unpaired) electrons. The molecule has 3 N–H and O–H groups in total. The van der Waals surface area contributed by atoms with Gasteiger partial charge in [0.2, 0.25) is 5.88 Å². The minimum atomic E-state index is -0.900. The van der Waals surface area contributed by atoms with E-state index in [2.05, 4.69) is 5.32 Å². The Morgan fingerprint density at radius 3 is 2.27 bits per heavy atom. The van der Waals surface area contributed by atoms with Gasteiger partial charge in [0.15, 0.2) is 0 Å². The number of aryl methyl sites for hydroxylation is 1. The smallest absolute Gasteiger partial charge is 0.342 e. The number of esters is 1. The number of hydrogen-bond acceptors (Lipinski definition) is 6. The summed E-state index contributed by atoms with van der Waals surface area (Å²) in [4.78, 5) is 38.2. The summed E-state index contributed by atoms with van der Waals surface area (Å²) >= 11 is 0. The third kappa shape index (κ3) is 3.85. The van der Waals surface area contributed by atoms with Gasteiger partial charge in [-0.25, -0.2) is 4.79 Å². The number of carbonyl (C=O) groups excluding carboxylic acids is 3. The molecule has 1 aromatic heterocycles. The second-order valence-corrected chi connectivity index (χ2v) is 5.72. The molecule has 138 valence electrons. The molecular formula is C18H21N3O5. The lowest BCUT2D eigenvalue weighted by Crippen LogP contribution is -2.20. The van der Waals surface area contributed by atoms with Crippen molar-refractivity contribution in [3.05, 3.63) is 46.7 Å². The van der Waals surface area contributed by atoms with Crippen LogP contribution in [0.2, 0.25) is 0 Å². The van der Waals surface area contributed by atoms with E-state index in [1.165, 1.54) is 6.92 Å². The molecule has 0 unspecified atom stereocenters. The summed E-state index contributed by atoms with van der Waals surface area (Å²) in [6.07, 6.45) is 0. The molecule has 0 saturated heterocycles. The van der Waals surface area contributed by atoms with Gasteiger partial charge >= 0.3 is 5.97 Å². The van der Waals surface area contributed by atoms with Gasteiger partial charge < -0.3 is 19.8 Å². The zero-order chi connectivity index (χ0) is 19.4. The molecule has 0 aliphatic carbocycles. The maximum absolute atomic E-state index is 12.4. The molecule has 8 heteroatoms. The third-order valence-electron chi connectivity index (χ3n) is 3.68. The van der Waals surface area contributed by atoms with E-state index in [1.54, 1.807) is 31.2 Å². The molecular weight excluding hydrogens is 338 g/mol. The van der Waals surface area contributed by atoms with Crippen LogP contribution in [0.1, 0.15) is 43.8 Å². The zero-order valence-corrected chi connectivity index (χ0v) is 15.1. The van der Waals surface area contributed by atoms with E-state index in [0.29, 0.717) is 5.56 Å². The number of hydrogen-bond donors (Lipinski definition) is 2. The van der Waals surface area contributed by atoms with Gasteiger partial charge in [0.25, 0.3) is 11.8 Å². The molecule has 1 heterocycles. The second kappa shape index (κ2) is 7.73. The number of furan rings is 1. The normalized spacial score (nSPS) is 10.3. The summed E-state index contributed by atoms with van der Waals surface area (Å²) in [5, 5.41) is 2.49. The fourth-order valence-corrected chi connectivity index (χ4v) is 2.40. The maximum Gasteiger partial charge on any atom is 0.342 e. The number of anilines is 2. The van der Waals surface area contributed by atoms with Crippen LogP contribution in [0.15, 0.2) is 28.7 Å². The molecule has 0 aliphatic heterocycles. The number of ether oxygens (including phenoxy) is 1. The van der Waals surface area contributed by atoms with Crippen molar-refractivity contribution in [2.45, 2.75) is 13.8 Å². The number of rotatable bonds is 6. The molecule has 0 atom stereocenters. The lowest BCUT2D eigenvalue weighted by atomic mass is 10.1. The van der Waals surface area contributed by atoms with E-state index in [1.807, 2.05) is 19.0 Å². The molecule has 26 heavy (non-hydrogen) atoms. The summed E-state index contributed by atoms with van der Waals surface area (Å²) in [6, 6.07) is 6.83. The monoisotopic (exact) mass is 359 g/mol. The topological polar surface area (TPSA) is 115 Å². The first-order chi connectivity index (χ1) is 12.3. The first-order valence-electron chi connectivity index (χ1n) is 7.95. The molecule has 0 aliphatic rings. The number of carbonyl (C=O) groups is 3. The molecule has 0 saturated carbocycles. The van der Waals surface area contributed by atoms with E-state index in [9.17, 15) is 14.4 Å². The van der Waals surface area contributed by atoms with Crippen LogP contribution in [0.4, 0.5) is 11.6 Å². The molecule has 2 aromatic rings. The maximum atomic E-state index is 12.4. The quantitative estimate of drug-likeness (QED) is 0.764. The summed E-state index contributed by atoms with van der Waals surface area (Å²) in [5.74, 6) is -2.18. The Balaban J connectivity index is 2.34. The van der Waals surface area contributed by atoms with E-state index in [0.717, 1.165) is 5.69 Å². The van der Waals surface area contributed by atoms with Gasteiger partial charge in [-0.2, -0.15) is 0 Å². The largest absolute Gasteiger partial charge is 0.462 e. The van der Waals surface area contributed by atoms with E-state index < -0.39 is 17.8 Å². The van der Waals surface area contributed by atoms with Gasteiger partial charge in [-0.3, -0.25) is 14.9 Å². The van der Waals surface area contributed by atoms with Crippen LogP contribution < -0.4 is 16.0 Å². The zero-order valence-electron chi connectivity index (χ0n) is 15.1. The molecule has 0 spiro atoms. The Hall–Kier alpha value is -3.29. The van der Waals surface area contributed by atoms with Crippen molar-refractivity contribution >= 4 is 29.4 Å². The van der Waals surface area contributed by atoms with Gasteiger partial charge in [0.05, 0.1) is 6.61 Å². The highest BCUT2D eigenvalue weighted by atomic mass is 16.5. The van der Waals surface area contributed by atoms with Crippen molar-refractivity contribution in [3.63, 3.8) is 0 Å². The summed E-state index contributed by atoms with van der Waals surface area (Å²) in [7, 11) is 3.77. The van der Waals surface area contributed by atoms with Gasteiger partial charge in [0, 0.05) is 25.3 Å². The first kappa shape index (κ1) is 19.0. The number of nitrogens with two attached hydrogens (primary N) is 1. The van der Waals surface area contributed by atoms with Crippen molar-refractivity contribution in [2.24, 2.45) is 5.73 Å². The van der Waals surface area contributed by atoms with Crippen molar-refractivity contribution in [1.29, 1.82) is 0 Å². The number of primary amides is 1. The minimum absolute atomic E-state index is 0.0856. The van der Waals surface area contributed by atoms with Gasteiger partial charge in [-0.05, 0) is 38.1 Å². The van der Waals surface area contributed by atoms with Crippen LogP contribution in [-0.4, -0.2) is 38.5 Å².